The average Bonchev–Trinajstić information content (AvgIpc) is 2.89. The number of unbranched alkanes of at least 4 members (excludes halogenated alkanes) is 1. The van der Waals surface area contributed by atoms with Gasteiger partial charge >= 0.3 is 6.18 Å². The second-order valence-corrected chi connectivity index (χ2v) is 8.10. The monoisotopic (exact) mass is 502 g/mol. The van der Waals surface area contributed by atoms with Gasteiger partial charge in [-0.2, -0.15) is 13.2 Å². The summed E-state index contributed by atoms with van der Waals surface area (Å²) in [7, 11) is 0. The molecule has 0 spiro atoms. The predicted octanol–water partition coefficient (Wildman–Crippen LogP) is 5.78. The summed E-state index contributed by atoms with van der Waals surface area (Å²) in [5, 5.41) is 12.0. The van der Waals surface area contributed by atoms with Crippen molar-refractivity contribution in [3.05, 3.63) is 95.6 Å². The fraction of sp³-hybridized carbons (Fsp3) is 0.296. The molecule has 0 aliphatic heterocycles. The molecule has 0 aliphatic carbocycles. The third kappa shape index (κ3) is 8.58. The van der Waals surface area contributed by atoms with Crippen molar-refractivity contribution < 1.29 is 32.6 Å². The lowest BCUT2D eigenvalue weighted by Gasteiger charge is -2.20. The van der Waals surface area contributed by atoms with Crippen molar-refractivity contribution in [3.8, 4) is 11.5 Å². The van der Waals surface area contributed by atoms with Crippen molar-refractivity contribution in [2.24, 2.45) is 0 Å². The van der Waals surface area contributed by atoms with Crippen molar-refractivity contribution >= 4 is 5.91 Å². The molecular weight excluding hydrogens is 473 g/mol. The number of ether oxygens (including phenoxy) is 2. The Kier molecular flexibility index (Phi) is 10.1. The fourth-order valence-corrected chi connectivity index (χ4v) is 3.52. The van der Waals surface area contributed by atoms with Gasteiger partial charge in [0.25, 0.3) is 5.91 Å². The molecule has 0 saturated heterocycles. The van der Waals surface area contributed by atoms with Gasteiger partial charge in [0, 0.05) is 12.0 Å². The highest BCUT2D eigenvalue weighted by Crippen LogP contribution is 2.31. The van der Waals surface area contributed by atoms with E-state index >= 15 is 0 Å². The standard InChI is InChI=1S/C27H29F3N2O4/c28-27(29,30)22-10-14-24(15-11-22)36-25(20-6-2-1-3-7-20)16-18-31-17-4-5-19-35-23-12-8-21(9-13-23)26(33)32-34/h1-3,6-15,25,31,34H,4-5,16-19H2,(H,32,33). The van der Waals surface area contributed by atoms with E-state index in [9.17, 15) is 18.0 Å². The number of nitrogens with one attached hydrogen (secondary N) is 2. The molecule has 1 unspecified atom stereocenters. The van der Waals surface area contributed by atoms with E-state index in [1.54, 1.807) is 29.7 Å². The van der Waals surface area contributed by atoms with Gasteiger partial charge in [0.2, 0.25) is 0 Å². The molecule has 0 radical (unpaired) electrons. The molecule has 1 amide bonds. The first-order valence-corrected chi connectivity index (χ1v) is 11.6. The maximum atomic E-state index is 12.8. The van der Waals surface area contributed by atoms with Crippen molar-refractivity contribution in [3.63, 3.8) is 0 Å². The SMILES string of the molecule is O=C(NO)c1ccc(OCCCCNCCC(Oc2ccc(C(F)(F)F)cc2)c2ccccc2)cc1. The highest BCUT2D eigenvalue weighted by atomic mass is 19.4. The van der Waals surface area contributed by atoms with Crippen molar-refractivity contribution in [1.82, 2.24) is 10.8 Å². The summed E-state index contributed by atoms with van der Waals surface area (Å²) in [5.74, 6) is 0.453. The van der Waals surface area contributed by atoms with Gasteiger partial charge in [-0.25, -0.2) is 5.48 Å². The van der Waals surface area contributed by atoms with E-state index in [0.717, 1.165) is 37.1 Å². The molecule has 3 rings (SSSR count). The Morgan fingerprint density at radius 3 is 2.17 bits per heavy atom. The summed E-state index contributed by atoms with van der Waals surface area (Å²) >= 11 is 0. The molecule has 3 aromatic rings. The van der Waals surface area contributed by atoms with Crippen LogP contribution in [0.2, 0.25) is 0 Å². The van der Waals surface area contributed by atoms with Crippen LogP contribution in [0.3, 0.4) is 0 Å². The number of carbonyl (C=O) groups excluding carboxylic acids is 1. The number of hydroxylamine groups is 1. The van der Waals surface area contributed by atoms with E-state index in [0.29, 0.717) is 36.6 Å². The Morgan fingerprint density at radius 2 is 1.53 bits per heavy atom. The number of alkyl halides is 3. The minimum Gasteiger partial charge on any atom is -0.494 e. The average molecular weight is 503 g/mol. The van der Waals surface area contributed by atoms with Crippen LogP contribution in [0.1, 0.15) is 46.9 Å². The quantitative estimate of drug-likeness (QED) is 0.157. The molecule has 3 aromatic carbocycles. The molecular formula is C27H29F3N2O4. The van der Waals surface area contributed by atoms with Gasteiger partial charge in [-0.15, -0.1) is 0 Å². The van der Waals surface area contributed by atoms with E-state index in [-0.39, 0.29) is 6.10 Å². The van der Waals surface area contributed by atoms with Crippen LogP contribution in [0.4, 0.5) is 13.2 Å². The molecule has 0 bridgehead atoms. The van der Waals surface area contributed by atoms with Crippen LogP contribution in [0, 0.1) is 0 Å². The summed E-state index contributed by atoms with van der Waals surface area (Å²) in [6, 6.07) is 20.8. The number of carbonyl (C=O) groups is 1. The van der Waals surface area contributed by atoms with Crippen molar-refractivity contribution in [1.29, 1.82) is 0 Å². The number of hydrogen-bond acceptors (Lipinski definition) is 5. The molecule has 0 fully saturated rings. The number of hydrogen-bond donors (Lipinski definition) is 3. The van der Waals surface area contributed by atoms with E-state index in [1.165, 1.54) is 12.1 Å². The number of amides is 1. The summed E-state index contributed by atoms with van der Waals surface area (Å²) in [6.45, 7) is 1.98. The Bertz CT molecular complexity index is 1060. The molecule has 1 atom stereocenters. The summed E-state index contributed by atoms with van der Waals surface area (Å²) < 4.78 is 50.2. The van der Waals surface area contributed by atoms with Crippen LogP contribution in [0.25, 0.3) is 0 Å². The molecule has 0 heterocycles. The third-order valence-electron chi connectivity index (χ3n) is 5.45. The lowest BCUT2D eigenvalue weighted by atomic mass is 10.1. The van der Waals surface area contributed by atoms with Gasteiger partial charge in [-0.1, -0.05) is 30.3 Å². The molecule has 192 valence electrons. The third-order valence-corrected chi connectivity index (χ3v) is 5.45. The van der Waals surface area contributed by atoms with Crippen molar-refractivity contribution in [2.75, 3.05) is 19.7 Å². The maximum Gasteiger partial charge on any atom is 0.416 e. The van der Waals surface area contributed by atoms with Crippen molar-refractivity contribution in [2.45, 2.75) is 31.5 Å². The van der Waals surface area contributed by atoms with Crippen LogP contribution >= 0.6 is 0 Å². The van der Waals surface area contributed by atoms with Gasteiger partial charge in [-0.3, -0.25) is 10.0 Å². The van der Waals surface area contributed by atoms with E-state index < -0.39 is 17.6 Å². The zero-order valence-corrected chi connectivity index (χ0v) is 19.6. The molecule has 0 saturated carbocycles. The Hall–Kier alpha value is -3.56. The van der Waals surface area contributed by atoms with Gasteiger partial charge in [-0.05, 0) is 80.0 Å². The predicted molar refractivity (Wildman–Crippen MR) is 129 cm³/mol. The Morgan fingerprint density at radius 1 is 0.861 bits per heavy atom. The fourth-order valence-electron chi connectivity index (χ4n) is 3.52. The van der Waals surface area contributed by atoms with Crippen LogP contribution in [0.15, 0.2) is 78.9 Å². The summed E-state index contributed by atoms with van der Waals surface area (Å²) in [4.78, 5) is 11.3. The first-order valence-electron chi connectivity index (χ1n) is 11.6. The molecule has 3 N–H and O–H groups in total. The minimum atomic E-state index is -4.38. The number of halogens is 3. The van der Waals surface area contributed by atoms with Gasteiger partial charge < -0.3 is 14.8 Å². The number of benzene rings is 3. The normalized spacial score (nSPS) is 12.1. The maximum absolute atomic E-state index is 12.8. The Labute approximate surface area is 208 Å². The topological polar surface area (TPSA) is 79.8 Å². The Balaban J connectivity index is 1.39. The minimum absolute atomic E-state index is 0.297. The highest BCUT2D eigenvalue weighted by Gasteiger charge is 2.30. The lowest BCUT2D eigenvalue weighted by molar-refractivity contribution is -0.137. The lowest BCUT2D eigenvalue weighted by Crippen LogP contribution is -2.21. The second kappa shape index (κ2) is 13.5. The van der Waals surface area contributed by atoms with E-state index in [2.05, 4.69) is 5.32 Å². The smallest absolute Gasteiger partial charge is 0.416 e. The van der Waals surface area contributed by atoms with Crippen LogP contribution in [0.5, 0.6) is 11.5 Å². The molecule has 0 aliphatic rings. The van der Waals surface area contributed by atoms with Gasteiger partial charge in [0.1, 0.15) is 17.6 Å². The zero-order valence-electron chi connectivity index (χ0n) is 19.6. The zero-order chi connectivity index (χ0) is 25.8. The van der Waals surface area contributed by atoms with Gasteiger partial charge in [0.05, 0.1) is 12.2 Å². The molecule has 6 nitrogen and oxygen atoms in total. The number of rotatable bonds is 13. The molecule has 0 aromatic heterocycles. The first kappa shape index (κ1) is 27.0. The summed E-state index contributed by atoms with van der Waals surface area (Å²) in [6.07, 6.45) is -2.31. The van der Waals surface area contributed by atoms with E-state index in [4.69, 9.17) is 14.7 Å². The second-order valence-electron chi connectivity index (χ2n) is 8.10. The largest absolute Gasteiger partial charge is 0.494 e. The summed E-state index contributed by atoms with van der Waals surface area (Å²) in [5.41, 5.74) is 2.17. The molecule has 9 heteroatoms. The van der Waals surface area contributed by atoms with Crippen LogP contribution < -0.4 is 20.3 Å². The van der Waals surface area contributed by atoms with Crippen LogP contribution in [-0.2, 0) is 6.18 Å². The highest BCUT2D eigenvalue weighted by molar-refractivity contribution is 5.93. The first-order chi connectivity index (χ1) is 17.4. The van der Waals surface area contributed by atoms with Gasteiger partial charge in [0.15, 0.2) is 0 Å². The van der Waals surface area contributed by atoms with E-state index in [1.807, 2.05) is 30.3 Å². The molecule has 36 heavy (non-hydrogen) atoms. The van der Waals surface area contributed by atoms with Crippen LogP contribution in [-0.4, -0.2) is 30.8 Å².